The van der Waals surface area contributed by atoms with E-state index >= 15 is 0 Å². The van der Waals surface area contributed by atoms with Gasteiger partial charge in [0.15, 0.2) is 0 Å². The van der Waals surface area contributed by atoms with Crippen LogP contribution in [0.4, 0.5) is 0 Å². The molecule has 0 spiro atoms. The smallest absolute Gasteiger partial charge is 0.143 e. The minimum atomic E-state index is 0. The highest BCUT2D eigenvalue weighted by atomic mass is 35.5. The summed E-state index contributed by atoms with van der Waals surface area (Å²) < 4.78 is 7.97. The van der Waals surface area contributed by atoms with E-state index in [1.165, 1.54) is 47.8 Å². The van der Waals surface area contributed by atoms with Crippen LogP contribution in [-0.2, 0) is 26.3 Å². The van der Waals surface area contributed by atoms with E-state index < -0.39 is 0 Å². The maximum absolute atomic E-state index is 5.61. The first kappa shape index (κ1) is 16.2. The van der Waals surface area contributed by atoms with E-state index in [1.807, 2.05) is 0 Å². The predicted molar refractivity (Wildman–Crippen MR) is 82.2 cm³/mol. The zero-order valence-electron chi connectivity index (χ0n) is 13.2. The monoisotopic (exact) mass is 308 g/mol. The summed E-state index contributed by atoms with van der Waals surface area (Å²) in [5, 5.41) is 1.44. The van der Waals surface area contributed by atoms with Crippen molar-refractivity contribution in [1.82, 2.24) is 4.57 Å². The van der Waals surface area contributed by atoms with Crippen LogP contribution in [0.15, 0.2) is 12.1 Å². The molecule has 3 nitrogen and oxygen atoms in total. The highest BCUT2D eigenvalue weighted by Gasteiger charge is 2.23. The van der Waals surface area contributed by atoms with E-state index in [1.54, 1.807) is 12.7 Å². The van der Waals surface area contributed by atoms with Gasteiger partial charge < -0.3 is 27.4 Å². The fourth-order valence-corrected chi connectivity index (χ4v) is 3.66. The molecule has 0 radical (unpaired) electrons. The average molecular weight is 309 g/mol. The molecule has 116 valence electrons. The average Bonchev–Trinajstić information content (AvgIpc) is 2.74. The van der Waals surface area contributed by atoms with Crippen LogP contribution in [0.1, 0.15) is 36.6 Å². The summed E-state index contributed by atoms with van der Waals surface area (Å²) in [6, 6.07) is 4.79. The Morgan fingerprint density at radius 2 is 2.00 bits per heavy atom. The maximum atomic E-state index is 5.61. The molecule has 1 atom stereocenters. The van der Waals surface area contributed by atoms with E-state index in [-0.39, 0.29) is 12.4 Å². The van der Waals surface area contributed by atoms with Crippen molar-refractivity contribution >= 4 is 10.9 Å². The van der Waals surface area contributed by atoms with Crippen molar-refractivity contribution in [2.75, 3.05) is 7.11 Å². The Balaban J connectivity index is 0.00000161. The maximum Gasteiger partial charge on any atom is 0.143 e. The molecule has 0 fully saturated rings. The van der Waals surface area contributed by atoms with Crippen molar-refractivity contribution in [1.29, 1.82) is 0 Å². The van der Waals surface area contributed by atoms with Gasteiger partial charge in [-0.1, -0.05) is 6.07 Å². The standard InChI is InChI=1S/C17H24N2O.ClH/c1-11(18)10-12-8-9-15(20-3)17-16(12)13-6-4-5-7-14(13)19(17)2;/h8-9,11H,4-7,10,18H2,1-3H3;1H. The summed E-state index contributed by atoms with van der Waals surface area (Å²) >= 11 is 0. The molecule has 21 heavy (non-hydrogen) atoms. The number of halogens is 1. The quantitative estimate of drug-likeness (QED) is 0.796. The molecule has 1 aromatic carbocycles. The van der Waals surface area contributed by atoms with Crippen LogP contribution < -0.4 is 22.9 Å². The minimum absolute atomic E-state index is 0. The van der Waals surface area contributed by atoms with Crippen molar-refractivity contribution in [3.8, 4) is 5.75 Å². The summed E-state index contributed by atoms with van der Waals surface area (Å²) in [6.07, 6.45) is 6.06. The van der Waals surface area contributed by atoms with Gasteiger partial charge in [0.1, 0.15) is 5.75 Å². The molecule has 3 N–H and O–H groups in total. The van der Waals surface area contributed by atoms with Crippen molar-refractivity contribution < 1.29 is 22.9 Å². The van der Waals surface area contributed by atoms with Gasteiger partial charge >= 0.3 is 0 Å². The molecular formula is C17H25ClN2O. The Hall–Kier alpha value is -1.19. The molecule has 3 rings (SSSR count). The van der Waals surface area contributed by atoms with Gasteiger partial charge in [0.25, 0.3) is 0 Å². The van der Waals surface area contributed by atoms with Crippen molar-refractivity contribution in [2.24, 2.45) is 7.05 Å². The van der Waals surface area contributed by atoms with E-state index in [0.29, 0.717) is 6.04 Å². The number of hydrogen-bond donors (Lipinski definition) is 1. The van der Waals surface area contributed by atoms with Gasteiger partial charge in [-0.05, 0) is 49.8 Å². The highest BCUT2D eigenvalue weighted by molar-refractivity contribution is 5.93. The van der Waals surface area contributed by atoms with Gasteiger partial charge in [-0.25, -0.2) is 0 Å². The van der Waals surface area contributed by atoms with Crippen LogP contribution in [0, 0.1) is 0 Å². The van der Waals surface area contributed by atoms with Crippen molar-refractivity contribution in [3.05, 3.63) is 29.0 Å². The van der Waals surface area contributed by atoms with Gasteiger partial charge in [-0.2, -0.15) is 0 Å². The number of hydrogen-bond acceptors (Lipinski definition) is 1. The van der Waals surface area contributed by atoms with E-state index in [9.17, 15) is 0 Å². The van der Waals surface area contributed by atoms with Gasteiger partial charge in [-0.3, -0.25) is 0 Å². The normalized spacial score (nSPS) is 15.4. The van der Waals surface area contributed by atoms with Crippen LogP contribution >= 0.6 is 0 Å². The number of nitrogens with zero attached hydrogens (tertiary/aromatic N) is 1. The Labute approximate surface area is 132 Å². The zero-order chi connectivity index (χ0) is 14.3. The first-order chi connectivity index (χ1) is 9.63. The molecule has 0 amide bonds. The van der Waals surface area contributed by atoms with Crippen molar-refractivity contribution in [2.45, 2.75) is 45.1 Å². The lowest BCUT2D eigenvalue weighted by Gasteiger charge is -2.13. The Morgan fingerprint density at radius 3 is 2.67 bits per heavy atom. The third-order valence-electron chi connectivity index (χ3n) is 4.50. The highest BCUT2D eigenvalue weighted by Crippen LogP contribution is 2.38. The molecule has 1 aromatic heterocycles. The largest absolute Gasteiger partial charge is 1.00 e. The number of fused-ring (bicyclic) bond motifs is 3. The molecule has 0 aliphatic heterocycles. The number of aromatic nitrogens is 1. The third-order valence-corrected chi connectivity index (χ3v) is 4.50. The summed E-state index contributed by atoms with van der Waals surface area (Å²) in [4.78, 5) is 0. The molecule has 2 aromatic rings. The van der Waals surface area contributed by atoms with E-state index in [0.717, 1.165) is 12.2 Å². The number of benzene rings is 1. The second-order valence-electron chi connectivity index (χ2n) is 6.15. The van der Waals surface area contributed by atoms with Gasteiger partial charge in [0.05, 0.1) is 18.7 Å². The van der Waals surface area contributed by atoms with E-state index in [4.69, 9.17) is 4.74 Å². The van der Waals surface area contributed by atoms with Crippen molar-refractivity contribution in [3.63, 3.8) is 0 Å². The third kappa shape index (κ3) is 2.65. The first-order valence-electron chi connectivity index (χ1n) is 7.62. The molecule has 1 aliphatic rings. The van der Waals surface area contributed by atoms with Gasteiger partial charge in [0, 0.05) is 24.5 Å². The SMILES string of the molecule is COc1ccc(CC(C)[NH3+])c2c3c(n(C)c12)CCCC3.[Cl-]. The molecule has 1 heterocycles. The van der Waals surface area contributed by atoms with E-state index in [2.05, 4.69) is 36.4 Å². The number of quaternary nitrogens is 1. The number of rotatable bonds is 3. The molecule has 0 saturated carbocycles. The Morgan fingerprint density at radius 1 is 1.29 bits per heavy atom. The van der Waals surface area contributed by atoms with Gasteiger partial charge in [-0.15, -0.1) is 0 Å². The summed E-state index contributed by atoms with van der Waals surface area (Å²) in [5.74, 6) is 0.998. The lowest BCUT2D eigenvalue weighted by molar-refractivity contribution is -0.413. The zero-order valence-corrected chi connectivity index (χ0v) is 14.0. The number of aryl methyl sites for hydroxylation is 2. The van der Waals surface area contributed by atoms with Crippen LogP contribution in [0.3, 0.4) is 0 Å². The second kappa shape index (κ2) is 6.29. The molecule has 4 heteroatoms. The fourth-order valence-electron chi connectivity index (χ4n) is 3.66. The number of methoxy groups -OCH3 is 1. The second-order valence-corrected chi connectivity index (χ2v) is 6.15. The van der Waals surface area contributed by atoms with Gasteiger partial charge in [0.2, 0.25) is 0 Å². The lowest BCUT2D eigenvalue weighted by atomic mass is 9.92. The Bertz CT molecular complexity index is 646. The molecule has 0 bridgehead atoms. The summed E-state index contributed by atoms with van der Waals surface area (Å²) in [5.41, 5.74) is 9.94. The van der Waals surface area contributed by atoms with Crippen LogP contribution in [0.25, 0.3) is 10.9 Å². The molecule has 0 saturated heterocycles. The first-order valence-corrected chi connectivity index (χ1v) is 7.62. The molecule has 1 aliphatic carbocycles. The lowest BCUT2D eigenvalue weighted by Crippen LogP contribution is -3.00. The number of ether oxygens (including phenoxy) is 1. The Kier molecular flexibility index (Phi) is 4.84. The predicted octanol–water partition coefficient (Wildman–Crippen LogP) is -0.757. The van der Waals surface area contributed by atoms with Crippen LogP contribution in [0.2, 0.25) is 0 Å². The van der Waals surface area contributed by atoms with Crippen LogP contribution in [0.5, 0.6) is 5.75 Å². The summed E-state index contributed by atoms with van der Waals surface area (Å²) in [6.45, 7) is 2.19. The topological polar surface area (TPSA) is 41.8 Å². The molecule has 1 unspecified atom stereocenters. The minimum Gasteiger partial charge on any atom is -1.00 e. The summed E-state index contributed by atoms with van der Waals surface area (Å²) in [7, 11) is 3.96. The fraction of sp³-hybridized carbons (Fsp3) is 0.529. The van der Waals surface area contributed by atoms with Crippen LogP contribution in [-0.4, -0.2) is 17.7 Å². The molecular weight excluding hydrogens is 284 g/mol.